The highest BCUT2D eigenvalue weighted by Crippen LogP contribution is 2.24. The highest BCUT2D eigenvalue weighted by atomic mass is 35.5. The van der Waals surface area contributed by atoms with Crippen LogP contribution in [0.1, 0.15) is 23.1 Å². The van der Waals surface area contributed by atoms with Crippen molar-refractivity contribution in [3.8, 4) is 0 Å². The standard InChI is InChI=1S/C22H26ClN3O2/c1-16-4-3-5-20(17(16)2)25-10-12-26(13-11-25)22(28)14-21(27)24-15-18-6-8-19(23)9-7-18/h3-9H,10-15H2,1-2H3,(H,24,27). The summed E-state index contributed by atoms with van der Waals surface area (Å²) >= 11 is 5.85. The number of nitrogens with zero attached hydrogens (tertiary/aromatic N) is 2. The van der Waals surface area contributed by atoms with Crippen molar-refractivity contribution in [1.82, 2.24) is 10.2 Å². The summed E-state index contributed by atoms with van der Waals surface area (Å²) in [6, 6.07) is 13.6. The van der Waals surface area contributed by atoms with E-state index >= 15 is 0 Å². The number of rotatable bonds is 5. The van der Waals surface area contributed by atoms with Crippen LogP contribution in [0, 0.1) is 13.8 Å². The Labute approximate surface area is 171 Å². The molecule has 148 valence electrons. The molecule has 0 radical (unpaired) electrons. The van der Waals surface area contributed by atoms with Crippen molar-refractivity contribution in [2.45, 2.75) is 26.8 Å². The van der Waals surface area contributed by atoms with E-state index in [9.17, 15) is 9.59 Å². The van der Waals surface area contributed by atoms with Crippen molar-refractivity contribution in [2.75, 3.05) is 31.1 Å². The molecule has 0 aliphatic carbocycles. The molecule has 1 aliphatic heterocycles. The fourth-order valence-corrected chi connectivity index (χ4v) is 3.52. The SMILES string of the molecule is Cc1cccc(N2CCN(C(=O)CC(=O)NCc3ccc(Cl)cc3)CC2)c1C. The fourth-order valence-electron chi connectivity index (χ4n) is 3.39. The zero-order chi connectivity index (χ0) is 20.1. The first-order valence-corrected chi connectivity index (χ1v) is 9.92. The monoisotopic (exact) mass is 399 g/mol. The molecule has 0 bridgehead atoms. The lowest BCUT2D eigenvalue weighted by Gasteiger charge is -2.37. The van der Waals surface area contributed by atoms with Gasteiger partial charge in [-0.15, -0.1) is 0 Å². The Morgan fingerprint density at radius 3 is 2.36 bits per heavy atom. The van der Waals surface area contributed by atoms with Crippen LogP contribution in [0.5, 0.6) is 0 Å². The van der Waals surface area contributed by atoms with E-state index in [0.717, 1.165) is 18.7 Å². The molecule has 5 nitrogen and oxygen atoms in total. The number of carbonyl (C=O) groups excluding carboxylic acids is 2. The third-order valence-corrected chi connectivity index (χ3v) is 5.52. The number of piperazine rings is 1. The van der Waals surface area contributed by atoms with Crippen LogP contribution in [0.4, 0.5) is 5.69 Å². The molecule has 3 rings (SSSR count). The van der Waals surface area contributed by atoms with Gasteiger partial charge in [0.2, 0.25) is 11.8 Å². The summed E-state index contributed by atoms with van der Waals surface area (Å²) < 4.78 is 0. The Kier molecular flexibility index (Phi) is 6.57. The molecule has 0 atom stereocenters. The maximum absolute atomic E-state index is 12.5. The fraction of sp³-hybridized carbons (Fsp3) is 0.364. The highest BCUT2D eigenvalue weighted by Gasteiger charge is 2.23. The zero-order valence-electron chi connectivity index (χ0n) is 16.4. The van der Waals surface area contributed by atoms with Gasteiger partial charge in [-0.05, 0) is 48.7 Å². The van der Waals surface area contributed by atoms with Crippen LogP contribution in [0.15, 0.2) is 42.5 Å². The molecule has 1 N–H and O–H groups in total. The molecular weight excluding hydrogens is 374 g/mol. The van der Waals surface area contributed by atoms with Gasteiger partial charge in [-0.2, -0.15) is 0 Å². The van der Waals surface area contributed by atoms with Gasteiger partial charge in [0, 0.05) is 43.4 Å². The van der Waals surface area contributed by atoms with Crippen molar-refractivity contribution in [3.05, 3.63) is 64.2 Å². The van der Waals surface area contributed by atoms with Crippen LogP contribution in [-0.4, -0.2) is 42.9 Å². The number of amides is 2. The van der Waals surface area contributed by atoms with E-state index in [1.165, 1.54) is 16.8 Å². The van der Waals surface area contributed by atoms with Crippen LogP contribution in [0.3, 0.4) is 0 Å². The van der Waals surface area contributed by atoms with Gasteiger partial charge in [-0.25, -0.2) is 0 Å². The molecule has 1 heterocycles. The van der Waals surface area contributed by atoms with Crippen LogP contribution >= 0.6 is 11.6 Å². The second-order valence-corrected chi connectivity index (χ2v) is 7.60. The van der Waals surface area contributed by atoms with E-state index in [-0.39, 0.29) is 18.2 Å². The molecule has 1 aliphatic rings. The second-order valence-electron chi connectivity index (χ2n) is 7.17. The van der Waals surface area contributed by atoms with Gasteiger partial charge in [-0.3, -0.25) is 9.59 Å². The Bertz CT molecular complexity index is 843. The summed E-state index contributed by atoms with van der Waals surface area (Å²) in [6.07, 6.45) is -0.114. The Morgan fingerprint density at radius 2 is 1.68 bits per heavy atom. The Hall–Kier alpha value is -2.53. The van der Waals surface area contributed by atoms with Crippen LogP contribution < -0.4 is 10.2 Å². The molecule has 2 aromatic rings. The number of nitrogens with one attached hydrogen (secondary N) is 1. The first-order valence-electron chi connectivity index (χ1n) is 9.54. The topological polar surface area (TPSA) is 52.7 Å². The third kappa shape index (κ3) is 5.04. The summed E-state index contributed by atoms with van der Waals surface area (Å²) in [4.78, 5) is 28.7. The number of halogens is 1. The normalized spacial score (nSPS) is 14.1. The Balaban J connectivity index is 1.46. The summed E-state index contributed by atoms with van der Waals surface area (Å²) in [5.41, 5.74) is 4.73. The molecule has 0 aromatic heterocycles. The summed E-state index contributed by atoms with van der Waals surface area (Å²) in [5, 5.41) is 3.45. The largest absolute Gasteiger partial charge is 0.368 e. The lowest BCUT2D eigenvalue weighted by Crippen LogP contribution is -2.49. The first-order chi connectivity index (χ1) is 13.4. The Morgan fingerprint density at radius 1 is 1.00 bits per heavy atom. The van der Waals surface area contributed by atoms with Crippen LogP contribution in [0.25, 0.3) is 0 Å². The molecule has 2 aromatic carbocycles. The van der Waals surface area contributed by atoms with Gasteiger partial charge in [0.05, 0.1) is 0 Å². The predicted octanol–water partition coefficient (Wildman–Crippen LogP) is 3.31. The maximum atomic E-state index is 12.5. The molecule has 1 saturated heterocycles. The molecule has 2 amide bonds. The van der Waals surface area contributed by atoms with Crippen molar-refractivity contribution in [3.63, 3.8) is 0 Å². The van der Waals surface area contributed by atoms with E-state index < -0.39 is 0 Å². The van der Waals surface area contributed by atoms with Gasteiger partial charge >= 0.3 is 0 Å². The van der Waals surface area contributed by atoms with Gasteiger partial charge < -0.3 is 15.1 Å². The van der Waals surface area contributed by atoms with Gasteiger partial charge in [0.15, 0.2) is 0 Å². The minimum absolute atomic E-state index is 0.114. The lowest BCUT2D eigenvalue weighted by molar-refractivity contribution is -0.136. The van der Waals surface area contributed by atoms with Crippen LogP contribution in [-0.2, 0) is 16.1 Å². The van der Waals surface area contributed by atoms with Gasteiger partial charge in [0.25, 0.3) is 0 Å². The summed E-state index contributed by atoms with van der Waals surface area (Å²) in [7, 11) is 0. The smallest absolute Gasteiger partial charge is 0.232 e. The van der Waals surface area contributed by atoms with E-state index in [4.69, 9.17) is 11.6 Å². The van der Waals surface area contributed by atoms with E-state index in [1.54, 1.807) is 17.0 Å². The second kappa shape index (κ2) is 9.11. The minimum atomic E-state index is -0.253. The molecule has 0 saturated carbocycles. The van der Waals surface area contributed by atoms with Crippen molar-refractivity contribution in [1.29, 1.82) is 0 Å². The minimum Gasteiger partial charge on any atom is -0.368 e. The van der Waals surface area contributed by atoms with Crippen molar-refractivity contribution in [2.24, 2.45) is 0 Å². The molecule has 1 fully saturated rings. The van der Waals surface area contributed by atoms with Crippen LogP contribution in [0.2, 0.25) is 5.02 Å². The zero-order valence-corrected chi connectivity index (χ0v) is 17.1. The number of benzene rings is 2. The van der Waals surface area contributed by atoms with E-state index in [1.807, 2.05) is 12.1 Å². The van der Waals surface area contributed by atoms with Crippen molar-refractivity contribution < 1.29 is 9.59 Å². The third-order valence-electron chi connectivity index (χ3n) is 5.26. The lowest BCUT2D eigenvalue weighted by atomic mass is 10.1. The number of hydrogen-bond donors (Lipinski definition) is 1. The van der Waals surface area contributed by atoms with Gasteiger partial charge in [0.1, 0.15) is 6.42 Å². The highest BCUT2D eigenvalue weighted by molar-refractivity contribution is 6.30. The van der Waals surface area contributed by atoms with E-state index in [0.29, 0.717) is 24.7 Å². The van der Waals surface area contributed by atoms with Crippen molar-refractivity contribution >= 4 is 29.1 Å². The number of hydrogen-bond acceptors (Lipinski definition) is 3. The number of aryl methyl sites for hydroxylation is 1. The molecule has 28 heavy (non-hydrogen) atoms. The summed E-state index contributed by atoms with van der Waals surface area (Å²) in [6.45, 7) is 7.47. The number of anilines is 1. The summed E-state index contributed by atoms with van der Waals surface area (Å²) in [5.74, 6) is -0.369. The van der Waals surface area contributed by atoms with Gasteiger partial charge in [-0.1, -0.05) is 35.9 Å². The average Bonchev–Trinajstić information content (AvgIpc) is 2.70. The van der Waals surface area contributed by atoms with E-state index in [2.05, 4.69) is 42.3 Å². The quantitative estimate of drug-likeness (QED) is 0.785. The maximum Gasteiger partial charge on any atom is 0.232 e. The molecule has 0 spiro atoms. The first kappa shape index (κ1) is 20.2. The number of carbonyl (C=O) groups is 2. The molecular formula is C22H26ClN3O2. The molecule has 6 heteroatoms. The average molecular weight is 400 g/mol. The molecule has 0 unspecified atom stereocenters. The predicted molar refractivity (Wildman–Crippen MR) is 113 cm³/mol.